The Kier molecular flexibility index (Phi) is 4.36. The van der Waals surface area contributed by atoms with Crippen LogP contribution in [-0.2, 0) is 16.6 Å². The van der Waals surface area contributed by atoms with E-state index >= 15 is 0 Å². The topological polar surface area (TPSA) is 76.0 Å². The summed E-state index contributed by atoms with van der Waals surface area (Å²) in [4.78, 5) is 0.248. The highest BCUT2D eigenvalue weighted by Gasteiger charge is 2.22. The summed E-state index contributed by atoms with van der Waals surface area (Å²) in [5, 5.41) is 7.03. The summed E-state index contributed by atoms with van der Waals surface area (Å²) < 4.78 is 28.3. The summed E-state index contributed by atoms with van der Waals surface area (Å²) in [6.07, 6.45) is 6.45. The number of nitrogens with zero attached hydrogens (tertiary/aromatic N) is 2. The number of sulfonamides is 1. The fourth-order valence-corrected chi connectivity index (χ4v) is 2.91. The van der Waals surface area contributed by atoms with Crippen molar-refractivity contribution in [2.24, 2.45) is 5.92 Å². The number of likely N-dealkylation sites (N-methyl/N-ethyl adjacent to an activating group) is 1. The Morgan fingerprint density at radius 1 is 1.50 bits per heavy atom. The molecule has 0 aliphatic heterocycles. The van der Waals surface area contributed by atoms with Gasteiger partial charge in [0, 0.05) is 19.3 Å². The number of rotatable bonds is 7. The molecule has 6 nitrogen and oxygen atoms in total. The average Bonchev–Trinajstić information content (AvgIpc) is 2.73. The summed E-state index contributed by atoms with van der Waals surface area (Å²) in [6, 6.07) is 0. The van der Waals surface area contributed by atoms with Crippen molar-refractivity contribution in [1.82, 2.24) is 19.8 Å². The molecule has 0 atom stereocenters. The second kappa shape index (κ2) is 5.81. The molecule has 102 valence electrons. The van der Waals surface area contributed by atoms with Gasteiger partial charge < -0.3 is 5.32 Å². The van der Waals surface area contributed by atoms with Crippen molar-refractivity contribution >= 4 is 10.0 Å². The van der Waals surface area contributed by atoms with E-state index < -0.39 is 10.0 Å². The molecule has 0 aromatic carbocycles. The van der Waals surface area contributed by atoms with Crippen LogP contribution in [-0.4, -0.2) is 38.3 Å². The molecule has 0 amide bonds. The van der Waals surface area contributed by atoms with Crippen LogP contribution in [0.15, 0.2) is 17.3 Å². The molecular formula is C11H20N4O2S. The summed E-state index contributed by atoms with van der Waals surface area (Å²) in [6.45, 7) is 1.97. The molecule has 0 spiro atoms. The second-order valence-electron chi connectivity index (χ2n) is 4.69. The van der Waals surface area contributed by atoms with Crippen LogP contribution in [0, 0.1) is 5.92 Å². The third-order valence-corrected chi connectivity index (χ3v) is 4.68. The van der Waals surface area contributed by atoms with Gasteiger partial charge >= 0.3 is 0 Å². The summed E-state index contributed by atoms with van der Waals surface area (Å²) in [5.74, 6) is 0.513. The number of hydrogen-bond donors (Lipinski definition) is 2. The minimum atomic E-state index is -3.39. The van der Waals surface area contributed by atoms with Gasteiger partial charge in [-0.3, -0.25) is 4.68 Å². The van der Waals surface area contributed by atoms with Crippen molar-refractivity contribution in [3.8, 4) is 0 Å². The molecule has 1 heterocycles. The van der Waals surface area contributed by atoms with Crippen LogP contribution in [0.3, 0.4) is 0 Å². The van der Waals surface area contributed by atoms with Gasteiger partial charge in [-0.25, -0.2) is 13.1 Å². The van der Waals surface area contributed by atoms with Crippen molar-refractivity contribution in [1.29, 1.82) is 0 Å². The fraction of sp³-hybridized carbons (Fsp3) is 0.727. The van der Waals surface area contributed by atoms with Gasteiger partial charge in [0.2, 0.25) is 10.0 Å². The Bertz CT molecular complexity index is 479. The van der Waals surface area contributed by atoms with Gasteiger partial charge in [0.25, 0.3) is 0 Å². The van der Waals surface area contributed by atoms with E-state index in [1.54, 1.807) is 10.9 Å². The number of hydrogen-bond acceptors (Lipinski definition) is 4. The van der Waals surface area contributed by atoms with Crippen LogP contribution in [0.2, 0.25) is 0 Å². The van der Waals surface area contributed by atoms with E-state index in [1.165, 1.54) is 12.6 Å². The van der Waals surface area contributed by atoms with E-state index in [1.807, 2.05) is 7.05 Å². The summed E-state index contributed by atoms with van der Waals surface area (Å²) in [7, 11) is -1.54. The van der Waals surface area contributed by atoms with Crippen LogP contribution in [0.1, 0.15) is 19.3 Å². The third kappa shape index (κ3) is 3.30. The molecule has 1 aliphatic carbocycles. The van der Waals surface area contributed by atoms with E-state index in [0.717, 1.165) is 19.4 Å². The molecule has 0 unspecified atom stereocenters. The zero-order valence-corrected chi connectivity index (χ0v) is 11.4. The lowest BCUT2D eigenvalue weighted by molar-refractivity contribution is 0.316. The van der Waals surface area contributed by atoms with E-state index in [0.29, 0.717) is 19.0 Å². The maximum Gasteiger partial charge on any atom is 0.243 e. The molecule has 7 heteroatoms. The van der Waals surface area contributed by atoms with Crippen LogP contribution >= 0.6 is 0 Å². The van der Waals surface area contributed by atoms with Crippen molar-refractivity contribution in [2.45, 2.75) is 30.7 Å². The first kappa shape index (κ1) is 13.5. The zero-order chi connectivity index (χ0) is 13.0. The van der Waals surface area contributed by atoms with Crippen molar-refractivity contribution in [3.05, 3.63) is 12.4 Å². The van der Waals surface area contributed by atoms with E-state index in [2.05, 4.69) is 15.1 Å². The maximum absolute atomic E-state index is 12.0. The molecule has 1 aromatic heterocycles. The first-order valence-corrected chi connectivity index (χ1v) is 7.77. The molecule has 0 radical (unpaired) electrons. The first-order valence-electron chi connectivity index (χ1n) is 6.28. The normalized spacial score (nSPS) is 16.7. The van der Waals surface area contributed by atoms with Crippen molar-refractivity contribution in [2.75, 3.05) is 20.1 Å². The first-order chi connectivity index (χ1) is 8.62. The number of nitrogens with one attached hydrogen (secondary N) is 2. The van der Waals surface area contributed by atoms with Gasteiger partial charge in [-0.1, -0.05) is 6.42 Å². The molecular weight excluding hydrogens is 252 g/mol. The fourth-order valence-electron chi connectivity index (χ4n) is 1.84. The highest BCUT2D eigenvalue weighted by molar-refractivity contribution is 7.89. The molecule has 0 bridgehead atoms. The lowest BCUT2D eigenvalue weighted by Crippen LogP contribution is -2.32. The monoisotopic (exact) mass is 272 g/mol. The predicted octanol–water partition coefficient (Wildman–Crippen LogP) is 0.181. The lowest BCUT2D eigenvalue weighted by atomic mass is 9.86. The van der Waals surface area contributed by atoms with Crippen molar-refractivity contribution in [3.63, 3.8) is 0 Å². The SMILES string of the molecule is CNCCn1cc(S(=O)(=O)NCC2CCC2)cn1. The quantitative estimate of drug-likeness (QED) is 0.742. The second-order valence-corrected chi connectivity index (χ2v) is 6.46. The predicted molar refractivity (Wildman–Crippen MR) is 68.7 cm³/mol. The van der Waals surface area contributed by atoms with Gasteiger partial charge in [0.05, 0.1) is 12.7 Å². The maximum atomic E-state index is 12.0. The molecule has 0 saturated heterocycles. The standard InChI is InChI=1S/C11H20N4O2S/c1-12-5-6-15-9-11(8-13-15)18(16,17)14-7-10-3-2-4-10/h8-10,12,14H,2-7H2,1H3. The minimum Gasteiger partial charge on any atom is -0.318 e. The summed E-state index contributed by atoms with van der Waals surface area (Å²) in [5.41, 5.74) is 0. The van der Waals surface area contributed by atoms with Gasteiger partial charge in [-0.2, -0.15) is 5.10 Å². The van der Waals surface area contributed by atoms with Crippen LogP contribution in [0.4, 0.5) is 0 Å². The lowest BCUT2D eigenvalue weighted by Gasteiger charge is -2.25. The highest BCUT2D eigenvalue weighted by Crippen LogP contribution is 2.25. The molecule has 18 heavy (non-hydrogen) atoms. The molecule has 2 rings (SSSR count). The van der Waals surface area contributed by atoms with E-state index in [-0.39, 0.29) is 4.90 Å². The van der Waals surface area contributed by atoms with Gasteiger partial charge in [-0.05, 0) is 25.8 Å². The van der Waals surface area contributed by atoms with Crippen molar-refractivity contribution < 1.29 is 8.42 Å². The summed E-state index contributed by atoms with van der Waals surface area (Å²) >= 11 is 0. The van der Waals surface area contributed by atoms with E-state index in [9.17, 15) is 8.42 Å². The van der Waals surface area contributed by atoms with Gasteiger partial charge in [0.15, 0.2) is 0 Å². The third-order valence-electron chi connectivity index (χ3n) is 3.30. The highest BCUT2D eigenvalue weighted by atomic mass is 32.2. The van der Waals surface area contributed by atoms with Crippen LogP contribution in [0.5, 0.6) is 0 Å². The average molecular weight is 272 g/mol. The Hall–Kier alpha value is -0.920. The minimum absolute atomic E-state index is 0.248. The Morgan fingerprint density at radius 3 is 2.89 bits per heavy atom. The molecule has 2 N–H and O–H groups in total. The van der Waals surface area contributed by atoms with Gasteiger partial charge in [-0.15, -0.1) is 0 Å². The van der Waals surface area contributed by atoms with E-state index in [4.69, 9.17) is 0 Å². The van der Waals surface area contributed by atoms with Crippen LogP contribution in [0.25, 0.3) is 0 Å². The Labute approximate surface area is 108 Å². The van der Waals surface area contributed by atoms with Gasteiger partial charge in [0.1, 0.15) is 4.90 Å². The Balaban J connectivity index is 1.93. The largest absolute Gasteiger partial charge is 0.318 e. The molecule has 1 aliphatic rings. The molecule has 1 fully saturated rings. The molecule has 1 aromatic rings. The molecule has 1 saturated carbocycles. The number of aromatic nitrogens is 2. The van der Waals surface area contributed by atoms with Crippen LogP contribution < -0.4 is 10.0 Å². The smallest absolute Gasteiger partial charge is 0.243 e. The zero-order valence-electron chi connectivity index (χ0n) is 10.6. The Morgan fingerprint density at radius 2 is 2.28 bits per heavy atom.